The van der Waals surface area contributed by atoms with Crippen molar-refractivity contribution in [1.29, 1.82) is 0 Å². The average Bonchev–Trinajstić information content (AvgIpc) is 3.11. The highest BCUT2D eigenvalue weighted by Gasteiger charge is 2.34. The van der Waals surface area contributed by atoms with Crippen LogP contribution in [0.3, 0.4) is 0 Å². The van der Waals surface area contributed by atoms with Crippen LogP contribution in [0.2, 0.25) is 0 Å². The number of aliphatic carboxylic acids is 1. The van der Waals surface area contributed by atoms with E-state index in [-0.39, 0.29) is 24.8 Å². The second-order valence-electron chi connectivity index (χ2n) is 6.15. The van der Waals surface area contributed by atoms with Crippen molar-refractivity contribution >= 4 is 33.5 Å². The van der Waals surface area contributed by atoms with E-state index in [0.29, 0.717) is 12.2 Å². The van der Waals surface area contributed by atoms with Crippen LogP contribution in [0.15, 0.2) is 58.1 Å². The zero-order chi connectivity index (χ0) is 19.4. The number of rotatable bonds is 6. The Morgan fingerprint density at radius 3 is 2.56 bits per heavy atom. The van der Waals surface area contributed by atoms with Gasteiger partial charge in [-0.3, -0.25) is 9.59 Å². The van der Waals surface area contributed by atoms with Gasteiger partial charge >= 0.3 is 5.97 Å². The molecule has 0 bridgehead atoms. The lowest BCUT2D eigenvalue weighted by molar-refractivity contribution is -0.141. The number of hydrogen-bond acceptors (Lipinski definition) is 4. The Labute approximate surface area is 165 Å². The monoisotopic (exact) mass is 430 g/mol. The molecule has 1 aliphatic rings. The first-order valence-corrected chi connectivity index (χ1v) is 9.29. The van der Waals surface area contributed by atoms with Crippen LogP contribution in [-0.4, -0.2) is 34.8 Å². The third-order valence-corrected chi connectivity index (χ3v) is 4.92. The molecule has 27 heavy (non-hydrogen) atoms. The highest BCUT2D eigenvalue weighted by atomic mass is 79.9. The van der Waals surface area contributed by atoms with Crippen LogP contribution in [0.5, 0.6) is 5.75 Å². The molecule has 140 valence electrons. The van der Waals surface area contributed by atoms with Crippen LogP contribution < -0.4 is 4.74 Å². The zero-order valence-corrected chi connectivity index (χ0v) is 16.3. The predicted octanol–water partition coefficient (Wildman–Crippen LogP) is 4.00. The van der Waals surface area contributed by atoms with Gasteiger partial charge in [0.1, 0.15) is 5.75 Å². The number of para-hydroxylation sites is 1. The van der Waals surface area contributed by atoms with Crippen molar-refractivity contribution in [1.82, 2.24) is 5.01 Å². The molecule has 1 amide bonds. The van der Waals surface area contributed by atoms with E-state index in [1.165, 1.54) is 5.01 Å². The summed E-state index contributed by atoms with van der Waals surface area (Å²) in [5.74, 6) is -0.653. The fourth-order valence-electron chi connectivity index (χ4n) is 3.07. The molecule has 7 heteroatoms. The second-order valence-corrected chi connectivity index (χ2v) is 7.06. The lowest BCUT2D eigenvalue weighted by atomic mass is 9.97. The quantitative estimate of drug-likeness (QED) is 0.750. The molecule has 0 radical (unpaired) electrons. The Balaban J connectivity index is 1.94. The van der Waals surface area contributed by atoms with E-state index in [1.54, 1.807) is 7.11 Å². The Morgan fingerprint density at radius 2 is 1.89 bits per heavy atom. The summed E-state index contributed by atoms with van der Waals surface area (Å²) in [7, 11) is 1.58. The molecule has 3 rings (SSSR count). The lowest BCUT2D eigenvalue weighted by Gasteiger charge is -2.23. The van der Waals surface area contributed by atoms with E-state index in [4.69, 9.17) is 9.84 Å². The predicted molar refractivity (Wildman–Crippen MR) is 105 cm³/mol. The molecule has 6 nitrogen and oxygen atoms in total. The number of halogens is 1. The van der Waals surface area contributed by atoms with Crippen molar-refractivity contribution in [2.75, 3.05) is 7.11 Å². The van der Waals surface area contributed by atoms with E-state index < -0.39 is 5.97 Å². The van der Waals surface area contributed by atoms with Gasteiger partial charge in [0.25, 0.3) is 0 Å². The molecule has 0 fully saturated rings. The first kappa shape index (κ1) is 19.1. The van der Waals surface area contributed by atoms with Crippen molar-refractivity contribution in [2.24, 2.45) is 5.10 Å². The van der Waals surface area contributed by atoms with Crippen molar-refractivity contribution in [3.63, 3.8) is 0 Å². The van der Waals surface area contributed by atoms with Crippen LogP contribution in [0.4, 0.5) is 0 Å². The van der Waals surface area contributed by atoms with Crippen LogP contribution >= 0.6 is 15.9 Å². The van der Waals surface area contributed by atoms with Gasteiger partial charge in [-0.2, -0.15) is 5.10 Å². The molecule has 2 aromatic carbocycles. The smallest absolute Gasteiger partial charge is 0.303 e. The molecule has 0 saturated heterocycles. The molecule has 1 heterocycles. The summed E-state index contributed by atoms with van der Waals surface area (Å²) >= 11 is 3.41. The van der Waals surface area contributed by atoms with Gasteiger partial charge in [0.2, 0.25) is 5.91 Å². The van der Waals surface area contributed by atoms with Crippen LogP contribution in [0, 0.1) is 0 Å². The van der Waals surface area contributed by atoms with Gasteiger partial charge in [-0.05, 0) is 23.8 Å². The SMILES string of the molecule is COc1ccccc1C1CC(c2ccc(Br)cc2)=NN1C(=O)CCC(=O)O. The number of benzene rings is 2. The standard InChI is InChI=1S/C20H19BrN2O4/c1-27-18-5-3-2-4-15(18)17-12-16(13-6-8-14(21)9-7-13)22-23(17)19(24)10-11-20(25)26/h2-9,17H,10-12H2,1H3,(H,25,26). The third kappa shape index (κ3) is 4.36. The minimum Gasteiger partial charge on any atom is -0.496 e. The largest absolute Gasteiger partial charge is 0.496 e. The number of carbonyl (C=O) groups is 2. The van der Waals surface area contributed by atoms with Gasteiger partial charge in [0, 0.05) is 22.9 Å². The van der Waals surface area contributed by atoms with Gasteiger partial charge in [0.15, 0.2) is 0 Å². The highest BCUT2D eigenvalue weighted by molar-refractivity contribution is 9.10. The topological polar surface area (TPSA) is 79.2 Å². The second kappa shape index (κ2) is 8.35. The summed E-state index contributed by atoms with van der Waals surface area (Å²) in [6.07, 6.45) is 0.204. The molecule has 0 aliphatic carbocycles. The molecule has 1 atom stereocenters. The maximum absolute atomic E-state index is 12.7. The minimum absolute atomic E-state index is 0.0991. The van der Waals surface area contributed by atoms with Crippen molar-refractivity contribution in [3.8, 4) is 5.75 Å². The summed E-state index contributed by atoms with van der Waals surface area (Å²) < 4.78 is 6.41. The number of carbonyl (C=O) groups excluding carboxylic acids is 1. The molecule has 0 saturated carbocycles. The lowest BCUT2D eigenvalue weighted by Crippen LogP contribution is -2.27. The molecule has 1 unspecified atom stereocenters. The molecular formula is C20H19BrN2O4. The van der Waals surface area contributed by atoms with E-state index in [2.05, 4.69) is 21.0 Å². The third-order valence-electron chi connectivity index (χ3n) is 4.39. The Bertz CT molecular complexity index is 880. The zero-order valence-electron chi connectivity index (χ0n) is 14.8. The molecule has 1 N–H and O–H groups in total. The minimum atomic E-state index is -1.01. The number of amides is 1. The normalized spacial score (nSPS) is 16.1. The molecule has 0 aromatic heterocycles. The van der Waals surface area contributed by atoms with Crippen LogP contribution in [-0.2, 0) is 9.59 Å². The summed E-state index contributed by atoms with van der Waals surface area (Å²) in [4.78, 5) is 23.5. The number of carboxylic acid groups (broad SMARTS) is 1. The molecule has 2 aromatic rings. The van der Waals surface area contributed by atoms with Crippen molar-refractivity contribution in [3.05, 3.63) is 64.1 Å². The summed E-state index contributed by atoms with van der Waals surface area (Å²) in [6, 6.07) is 14.9. The number of carboxylic acids is 1. The number of hydrogen-bond donors (Lipinski definition) is 1. The summed E-state index contributed by atoms with van der Waals surface area (Å²) in [5.41, 5.74) is 2.55. The van der Waals surface area contributed by atoms with E-state index >= 15 is 0 Å². The van der Waals surface area contributed by atoms with Crippen LogP contribution in [0.1, 0.15) is 36.4 Å². The fraction of sp³-hybridized carbons (Fsp3) is 0.250. The van der Waals surface area contributed by atoms with Gasteiger partial charge < -0.3 is 9.84 Å². The Morgan fingerprint density at radius 1 is 1.19 bits per heavy atom. The first-order chi connectivity index (χ1) is 13.0. The van der Waals surface area contributed by atoms with Gasteiger partial charge in [0.05, 0.1) is 25.3 Å². The molecule has 0 spiro atoms. The summed E-state index contributed by atoms with van der Waals surface area (Å²) in [6.45, 7) is 0. The Kier molecular flexibility index (Phi) is 5.91. The Hall–Kier alpha value is -2.67. The van der Waals surface area contributed by atoms with E-state index in [9.17, 15) is 9.59 Å². The van der Waals surface area contributed by atoms with Crippen LogP contribution in [0.25, 0.3) is 0 Å². The summed E-state index contributed by atoms with van der Waals surface area (Å²) in [5, 5.41) is 14.8. The molecule has 1 aliphatic heterocycles. The number of methoxy groups -OCH3 is 1. The number of hydrazone groups is 1. The highest BCUT2D eigenvalue weighted by Crippen LogP contribution is 2.37. The van der Waals surface area contributed by atoms with Crippen molar-refractivity contribution < 1.29 is 19.4 Å². The molecular weight excluding hydrogens is 412 g/mol. The van der Waals surface area contributed by atoms with Gasteiger partial charge in [-0.1, -0.05) is 46.3 Å². The van der Waals surface area contributed by atoms with Gasteiger partial charge in [-0.25, -0.2) is 5.01 Å². The fourth-order valence-corrected chi connectivity index (χ4v) is 3.33. The van der Waals surface area contributed by atoms with Gasteiger partial charge in [-0.15, -0.1) is 0 Å². The first-order valence-electron chi connectivity index (χ1n) is 8.49. The maximum atomic E-state index is 12.7. The number of nitrogens with zero attached hydrogens (tertiary/aromatic N) is 2. The maximum Gasteiger partial charge on any atom is 0.303 e. The average molecular weight is 431 g/mol. The van der Waals surface area contributed by atoms with Crippen molar-refractivity contribution in [2.45, 2.75) is 25.3 Å². The van der Waals surface area contributed by atoms with E-state index in [0.717, 1.165) is 21.3 Å². The number of ether oxygens (including phenoxy) is 1. The van der Waals surface area contributed by atoms with E-state index in [1.807, 2.05) is 48.5 Å².